The van der Waals surface area contributed by atoms with Gasteiger partial charge in [0.2, 0.25) is 0 Å². The van der Waals surface area contributed by atoms with Crippen LogP contribution in [-0.4, -0.2) is 37.0 Å². The third-order valence-electron chi connectivity index (χ3n) is 11.0. The Labute approximate surface area is 313 Å². The van der Waals surface area contributed by atoms with E-state index in [4.69, 9.17) is 0 Å². The fourth-order valence-corrected chi connectivity index (χ4v) is 7.73. The summed E-state index contributed by atoms with van der Waals surface area (Å²) in [6, 6.07) is 18.3. The van der Waals surface area contributed by atoms with Gasteiger partial charge in [-0.1, -0.05) is 229 Å². The van der Waals surface area contributed by atoms with Crippen LogP contribution in [0, 0.1) is 0 Å². The second kappa shape index (κ2) is 32.0. The molecule has 50 heavy (non-hydrogen) atoms. The summed E-state index contributed by atoms with van der Waals surface area (Å²) in [6.45, 7) is 9.04. The van der Waals surface area contributed by atoms with Crippen LogP contribution >= 0.6 is 0 Å². The number of rotatable bonds is 35. The molecule has 0 unspecified atom stereocenters. The van der Waals surface area contributed by atoms with Crippen molar-refractivity contribution in [2.75, 3.05) is 27.2 Å². The van der Waals surface area contributed by atoms with Gasteiger partial charge in [0.15, 0.2) is 0 Å². The molecule has 0 saturated carbocycles. The zero-order chi connectivity index (χ0) is 35.7. The van der Waals surface area contributed by atoms with E-state index in [1.54, 1.807) is 0 Å². The molecular formula is C48H84N2. The van der Waals surface area contributed by atoms with Crippen molar-refractivity contribution >= 4 is 0 Å². The van der Waals surface area contributed by atoms with Gasteiger partial charge in [-0.25, -0.2) is 0 Å². The van der Waals surface area contributed by atoms with Gasteiger partial charge in [0.05, 0.1) is 0 Å². The lowest BCUT2D eigenvalue weighted by molar-refractivity contribution is 0.315. The third kappa shape index (κ3) is 23.0. The molecule has 0 spiro atoms. The van der Waals surface area contributed by atoms with E-state index < -0.39 is 0 Å². The smallest absolute Gasteiger partial charge is 0.0236 e. The molecule has 286 valence electrons. The number of benzene rings is 2. The maximum Gasteiger partial charge on any atom is 0.0236 e. The highest BCUT2D eigenvalue weighted by molar-refractivity contribution is 5.70. The molecular weight excluding hydrogens is 605 g/mol. The second-order valence-corrected chi connectivity index (χ2v) is 16.0. The highest BCUT2D eigenvalue weighted by atomic mass is 15.1. The molecule has 0 fully saturated rings. The molecule has 0 aliphatic heterocycles. The van der Waals surface area contributed by atoms with E-state index in [-0.39, 0.29) is 0 Å². The minimum absolute atomic E-state index is 1.03. The Kier molecular flexibility index (Phi) is 28.5. The monoisotopic (exact) mass is 689 g/mol. The molecule has 0 saturated heterocycles. The summed E-state index contributed by atoms with van der Waals surface area (Å²) in [7, 11) is 4.63. The molecule has 0 N–H and O–H groups in total. The highest BCUT2D eigenvalue weighted by Gasteiger charge is 2.12. The van der Waals surface area contributed by atoms with Crippen molar-refractivity contribution in [3.8, 4) is 11.1 Å². The molecule has 2 nitrogen and oxygen atoms in total. The molecule has 2 heteroatoms. The molecule has 2 aromatic rings. The molecule has 0 heterocycles. The SMILES string of the molecule is CCCCCCCCCCCCCCCCN(C)Cc1ccccc1-c1ccccc1CN(C)CCCCCCCCCCCCCCCC. The van der Waals surface area contributed by atoms with Crippen molar-refractivity contribution in [1.29, 1.82) is 0 Å². The molecule has 2 rings (SSSR count). The van der Waals surface area contributed by atoms with E-state index >= 15 is 0 Å². The first-order valence-corrected chi connectivity index (χ1v) is 22.2. The number of hydrogen-bond acceptors (Lipinski definition) is 2. The van der Waals surface area contributed by atoms with E-state index in [1.807, 2.05) is 0 Å². The van der Waals surface area contributed by atoms with E-state index in [1.165, 1.54) is 215 Å². The number of hydrogen-bond donors (Lipinski definition) is 0. The first-order valence-electron chi connectivity index (χ1n) is 22.2. The van der Waals surface area contributed by atoms with Crippen LogP contribution in [0.1, 0.15) is 205 Å². The van der Waals surface area contributed by atoms with Crippen molar-refractivity contribution in [1.82, 2.24) is 9.80 Å². The van der Waals surface area contributed by atoms with Gasteiger partial charge in [0.1, 0.15) is 0 Å². The van der Waals surface area contributed by atoms with Crippen molar-refractivity contribution in [3.63, 3.8) is 0 Å². The van der Waals surface area contributed by atoms with E-state index in [0.717, 1.165) is 13.1 Å². The van der Waals surface area contributed by atoms with Gasteiger partial charge in [-0.2, -0.15) is 0 Å². The van der Waals surface area contributed by atoms with Crippen molar-refractivity contribution in [2.45, 2.75) is 207 Å². The van der Waals surface area contributed by atoms with Gasteiger partial charge in [-0.3, -0.25) is 0 Å². The Balaban J connectivity index is 1.60. The summed E-state index contributed by atoms with van der Waals surface area (Å²) in [5, 5.41) is 0. The Morgan fingerprint density at radius 1 is 0.320 bits per heavy atom. The Hall–Kier alpha value is -1.64. The number of nitrogens with zero attached hydrogens (tertiary/aromatic N) is 2. The van der Waals surface area contributed by atoms with Gasteiger partial charge in [-0.05, 0) is 62.3 Å². The van der Waals surface area contributed by atoms with Gasteiger partial charge in [0, 0.05) is 13.1 Å². The van der Waals surface area contributed by atoms with Crippen LogP contribution in [0.2, 0.25) is 0 Å². The Bertz CT molecular complexity index is 933. The molecule has 0 aromatic heterocycles. The first kappa shape index (κ1) is 44.5. The lowest BCUT2D eigenvalue weighted by Crippen LogP contribution is -2.20. The molecule has 0 aliphatic rings. The fraction of sp³-hybridized carbons (Fsp3) is 0.750. The topological polar surface area (TPSA) is 6.48 Å². The van der Waals surface area contributed by atoms with Crippen molar-refractivity contribution in [3.05, 3.63) is 59.7 Å². The quantitative estimate of drug-likeness (QED) is 0.0665. The minimum Gasteiger partial charge on any atom is -0.302 e. The predicted molar refractivity (Wildman–Crippen MR) is 225 cm³/mol. The van der Waals surface area contributed by atoms with Gasteiger partial charge in [-0.15, -0.1) is 0 Å². The lowest BCUT2D eigenvalue weighted by atomic mass is 9.94. The second-order valence-electron chi connectivity index (χ2n) is 16.0. The maximum atomic E-state index is 2.55. The summed E-state index contributed by atoms with van der Waals surface area (Å²) < 4.78 is 0. The maximum absolute atomic E-state index is 2.55. The zero-order valence-electron chi connectivity index (χ0n) is 34.1. The summed E-state index contributed by atoms with van der Waals surface area (Å²) in [5.74, 6) is 0. The molecule has 0 radical (unpaired) electrons. The van der Waals surface area contributed by atoms with Crippen LogP contribution in [-0.2, 0) is 13.1 Å². The van der Waals surface area contributed by atoms with Crippen molar-refractivity contribution < 1.29 is 0 Å². The molecule has 0 amide bonds. The average molecular weight is 689 g/mol. The van der Waals surface area contributed by atoms with Crippen LogP contribution < -0.4 is 0 Å². The van der Waals surface area contributed by atoms with Crippen LogP contribution in [0.3, 0.4) is 0 Å². The Morgan fingerprint density at radius 3 is 0.840 bits per heavy atom. The first-order chi connectivity index (χ1) is 24.7. The lowest BCUT2D eigenvalue weighted by Gasteiger charge is -2.22. The fourth-order valence-electron chi connectivity index (χ4n) is 7.73. The highest BCUT2D eigenvalue weighted by Crippen LogP contribution is 2.29. The minimum atomic E-state index is 1.03. The van der Waals surface area contributed by atoms with E-state index in [0.29, 0.717) is 0 Å². The molecule has 0 atom stereocenters. The predicted octanol–water partition coefficient (Wildman–Crippen LogP) is 15.2. The van der Waals surface area contributed by atoms with Crippen LogP contribution in [0.15, 0.2) is 48.5 Å². The van der Waals surface area contributed by atoms with Crippen LogP contribution in [0.4, 0.5) is 0 Å². The zero-order valence-corrected chi connectivity index (χ0v) is 34.1. The van der Waals surface area contributed by atoms with Gasteiger partial charge < -0.3 is 9.80 Å². The van der Waals surface area contributed by atoms with E-state index in [9.17, 15) is 0 Å². The van der Waals surface area contributed by atoms with Crippen molar-refractivity contribution in [2.24, 2.45) is 0 Å². The normalized spacial score (nSPS) is 11.7. The number of unbranched alkanes of at least 4 members (excludes halogenated alkanes) is 26. The largest absolute Gasteiger partial charge is 0.302 e. The summed E-state index contributed by atoms with van der Waals surface area (Å²) >= 11 is 0. The third-order valence-corrected chi connectivity index (χ3v) is 11.0. The van der Waals surface area contributed by atoms with Crippen LogP contribution in [0.5, 0.6) is 0 Å². The van der Waals surface area contributed by atoms with Gasteiger partial charge in [0.25, 0.3) is 0 Å². The molecule has 0 aliphatic carbocycles. The molecule has 2 aromatic carbocycles. The molecule has 0 bridgehead atoms. The standard InChI is InChI=1S/C48H84N2/c1-5-7-9-11-13-15-17-19-21-23-25-27-29-35-41-49(3)43-45-37-31-33-39-47(45)48-40-34-32-38-46(48)44-50(4)42-36-30-28-26-24-22-20-18-16-14-12-10-8-6-2/h31-34,37-40H,5-30,35-36,41-44H2,1-4H3. The van der Waals surface area contributed by atoms with Gasteiger partial charge >= 0.3 is 0 Å². The summed E-state index contributed by atoms with van der Waals surface area (Å²) in [6.07, 6.45) is 39.8. The summed E-state index contributed by atoms with van der Waals surface area (Å²) in [4.78, 5) is 5.09. The summed E-state index contributed by atoms with van der Waals surface area (Å²) in [5.41, 5.74) is 5.76. The Morgan fingerprint density at radius 2 is 0.560 bits per heavy atom. The average Bonchev–Trinajstić information content (AvgIpc) is 3.12. The van der Waals surface area contributed by atoms with Crippen LogP contribution in [0.25, 0.3) is 11.1 Å². The van der Waals surface area contributed by atoms with E-state index in [2.05, 4.69) is 86.3 Å².